The number of benzene rings is 1. The molecular weight excluding hydrogens is 382 g/mol. The number of thioether (sulfide) groups is 1. The first-order valence-electron chi connectivity index (χ1n) is 7.78. The van der Waals surface area contributed by atoms with Gasteiger partial charge in [-0.2, -0.15) is 0 Å². The van der Waals surface area contributed by atoms with Crippen molar-refractivity contribution in [3.63, 3.8) is 0 Å². The molecule has 2 amide bonds. The van der Waals surface area contributed by atoms with Crippen molar-refractivity contribution in [3.8, 4) is 5.75 Å². The third-order valence-electron chi connectivity index (χ3n) is 3.44. The van der Waals surface area contributed by atoms with E-state index in [4.69, 9.17) is 16.3 Å². The summed E-state index contributed by atoms with van der Waals surface area (Å²) >= 11 is 6.88. The molecule has 0 unspecified atom stereocenters. The van der Waals surface area contributed by atoms with Crippen molar-refractivity contribution in [2.75, 3.05) is 12.4 Å². The summed E-state index contributed by atoms with van der Waals surface area (Å²) in [5.41, 5.74) is 4.26. The first-order valence-corrected chi connectivity index (χ1v) is 9.15. The number of rotatable bonds is 7. The highest BCUT2D eigenvalue weighted by Gasteiger charge is 2.28. The van der Waals surface area contributed by atoms with Gasteiger partial charge in [-0.25, -0.2) is 9.89 Å². The van der Waals surface area contributed by atoms with Gasteiger partial charge in [0.15, 0.2) is 11.8 Å². The monoisotopic (exact) mass is 397 g/mol. The smallest absolute Gasteiger partial charge is 0.344 e. The number of H-pyrrole nitrogens is 1. The van der Waals surface area contributed by atoms with Crippen molar-refractivity contribution >= 4 is 35.2 Å². The van der Waals surface area contributed by atoms with Gasteiger partial charge in [-0.1, -0.05) is 23.4 Å². The Hall–Kier alpha value is -2.46. The molecule has 26 heavy (non-hydrogen) atoms. The van der Waals surface area contributed by atoms with Crippen LogP contribution in [0.25, 0.3) is 0 Å². The Balaban J connectivity index is 1.38. The lowest BCUT2D eigenvalue weighted by Gasteiger charge is -2.09. The Labute approximate surface area is 157 Å². The molecule has 1 saturated carbocycles. The van der Waals surface area contributed by atoms with Crippen molar-refractivity contribution < 1.29 is 14.3 Å². The van der Waals surface area contributed by atoms with Crippen molar-refractivity contribution in [3.05, 3.63) is 39.8 Å². The number of nitrogens with one attached hydrogen (secondary N) is 3. The number of ether oxygens (including phenoxy) is 1. The maximum absolute atomic E-state index is 11.8. The van der Waals surface area contributed by atoms with Crippen molar-refractivity contribution in [2.24, 2.45) is 0 Å². The second kappa shape index (κ2) is 8.28. The van der Waals surface area contributed by atoms with E-state index in [1.165, 1.54) is 0 Å². The lowest BCUT2D eigenvalue weighted by Crippen LogP contribution is -2.44. The molecule has 1 aliphatic carbocycles. The molecule has 0 radical (unpaired) electrons. The standard InChI is InChI=1S/C15H16ClN5O4S/c16-9-1-5-11(6-2-9)25-7-12(22)17-18-13(23)8-26-15-20-19-14(24)21(15)10-3-4-10/h1-2,5-6,10H,3-4,7-8H2,(H,17,22)(H,18,23)(H,19,24). The molecule has 3 rings (SSSR count). The zero-order valence-corrected chi connectivity index (χ0v) is 15.1. The fourth-order valence-corrected chi connectivity index (χ4v) is 3.01. The first kappa shape index (κ1) is 18.3. The zero-order valence-electron chi connectivity index (χ0n) is 13.5. The van der Waals surface area contributed by atoms with Gasteiger partial charge in [0.25, 0.3) is 5.91 Å². The van der Waals surface area contributed by atoms with Crippen LogP contribution in [0, 0.1) is 0 Å². The Morgan fingerprint density at radius 1 is 1.27 bits per heavy atom. The van der Waals surface area contributed by atoms with Crippen LogP contribution in [0.4, 0.5) is 0 Å². The fraction of sp³-hybridized carbons (Fsp3) is 0.333. The van der Waals surface area contributed by atoms with Gasteiger partial charge in [0.1, 0.15) is 5.75 Å². The number of hydrogen-bond donors (Lipinski definition) is 3. The van der Waals surface area contributed by atoms with Gasteiger partial charge < -0.3 is 4.74 Å². The predicted molar refractivity (Wildman–Crippen MR) is 95.1 cm³/mol. The molecule has 1 fully saturated rings. The number of amides is 2. The third kappa shape index (κ3) is 5.02. The molecule has 11 heteroatoms. The normalized spacial score (nSPS) is 13.3. The summed E-state index contributed by atoms with van der Waals surface area (Å²) in [6, 6.07) is 6.72. The minimum Gasteiger partial charge on any atom is -0.484 e. The molecule has 1 aromatic heterocycles. The Kier molecular flexibility index (Phi) is 5.84. The molecule has 2 aromatic rings. The summed E-state index contributed by atoms with van der Waals surface area (Å²) in [7, 11) is 0. The molecule has 0 bridgehead atoms. The van der Waals surface area contributed by atoms with E-state index < -0.39 is 11.8 Å². The molecule has 0 spiro atoms. The molecule has 0 aliphatic heterocycles. The van der Waals surface area contributed by atoms with E-state index in [9.17, 15) is 14.4 Å². The van der Waals surface area contributed by atoms with Crippen molar-refractivity contribution in [1.29, 1.82) is 0 Å². The number of hydrazine groups is 1. The minimum atomic E-state index is -0.507. The highest BCUT2D eigenvalue weighted by atomic mass is 35.5. The van der Waals surface area contributed by atoms with E-state index in [1.54, 1.807) is 28.8 Å². The largest absolute Gasteiger partial charge is 0.484 e. The average Bonchev–Trinajstić information content (AvgIpc) is 3.40. The van der Waals surface area contributed by atoms with Gasteiger partial charge in [0.2, 0.25) is 5.91 Å². The molecule has 0 saturated heterocycles. The average molecular weight is 398 g/mol. The van der Waals surface area contributed by atoms with E-state index in [-0.39, 0.29) is 24.1 Å². The van der Waals surface area contributed by atoms with E-state index in [0.29, 0.717) is 15.9 Å². The molecule has 138 valence electrons. The second-order valence-electron chi connectivity index (χ2n) is 5.54. The molecule has 1 heterocycles. The summed E-state index contributed by atoms with van der Waals surface area (Å²) in [6.07, 6.45) is 1.87. The van der Waals surface area contributed by atoms with Gasteiger partial charge in [-0.15, -0.1) is 5.10 Å². The van der Waals surface area contributed by atoms with Gasteiger partial charge in [0.05, 0.1) is 5.75 Å². The number of carbonyl (C=O) groups excluding carboxylic acids is 2. The molecule has 1 aromatic carbocycles. The second-order valence-corrected chi connectivity index (χ2v) is 6.92. The topological polar surface area (TPSA) is 118 Å². The maximum atomic E-state index is 11.8. The summed E-state index contributed by atoms with van der Waals surface area (Å²) in [4.78, 5) is 35.1. The SMILES string of the molecule is O=C(COc1ccc(Cl)cc1)NNC(=O)CSc1n[nH]c(=O)n1C1CC1. The van der Waals surface area contributed by atoms with E-state index >= 15 is 0 Å². The van der Waals surface area contributed by atoms with E-state index in [1.807, 2.05) is 0 Å². The predicted octanol–water partition coefficient (Wildman–Crippen LogP) is 0.878. The van der Waals surface area contributed by atoms with Crippen LogP contribution in [0.3, 0.4) is 0 Å². The fourth-order valence-electron chi connectivity index (χ4n) is 2.07. The quantitative estimate of drug-likeness (QED) is 0.471. The molecule has 9 nitrogen and oxygen atoms in total. The number of nitrogens with zero attached hydrogens (tertiary/aromatic N) is 2. The number of carbonyl (C=O) groups is 2. The molecule has 3 N–H and O–H groups in total. The number of aromatic nitrogens is 3. The summed E-state index contributed by atoms with van der Waals surface area (Å²) < 4.78 is 6.81. The highest BCUT2D eigenvalue weighted by molar-refractivity contribution is 7.99. The third-order valence-corrected chi connectivity index (χ3v) is 4.65. The van der Waals surface area contributed by atoms with Gasteiger partial charge in [-0.3, -0.25) is 25.0 Å². The highest BCUT2D eigenvalue weighted by Crippen LogP contribution is 2.35. The van der Waals surface area contributed by atoms with Crippen LogP contribution in [0.2, 0.25) is 5.02 Å². The first-order chi connectivity index (χ1) is 12.5. The van der Waals surface area contributed by atoms with E-state index in [0.717, 1.165) is 24.6 Å². The number of hydrogen-bond acceptors (Lipinski definition) is 6. The van der Waals surface area contributed by atoms with E-state index in [2.05, 4.69) is 21.0 Å². The van der Waals surface area contributed by atoms with Crippen molar-refractivity contribution in [2.45, 2.75) is 24.0 Å². The van der Waals surface area contributed by atoms with Gasteiger partial charge >= 0.3 is 5.69 Å². The van der Waals surface area contributed by atoms with Crippen LogP contribution in [0.15, 0.2) is 34.2 Å². The maximum Gasteiger partial charge on any atom is 0.344 e. The molecular formula is C15H16ClN5O4S. The summed E-state index contributed by atoms with van der Waals surface area (Å²) in [5, 5.41) is 7.31. The van der Waals surface area contributed by atoms with Gasteiger partial charge in [-0.05, 0) is 37.1 Å². The van der Waals surface area contributed by atoms with Crippen LogP contribution in [0.5, 0.6) is 5.75 Å². The zero-order chi connectivity index (χ0) is 18.5. The van der Waals surface area contributed by atoms with Crippen LogP contribution >= 0.6 is 23.4 Å². The lowest BCUT2D eigenvalue weighted by molar-refractivity contribution is -0.128. The molecule has 1 aliphatic rings. The van der Waals surface area contributed by atoms with Crippen LogP contribution < -0.4 is 21.3 Å². The van der Waals surface area contributed by atoms with Crippen LogP contribution in [0.1, 0.15) is 18.9 Å². The van der Waals surface area contributed by atoms with Gasteiger partial charge in [0, 0.05) is 11.1 Å². The van der Waals surface area contributed by atoms with Crippen LogP contribution in [-0.4, -0.2) is 38.9 Å². The van der Waals surface area contributed by atoms with Crippen molar-refractivity contribution in [1.82, 2.24) is 25.6 Å². The number of halogens is 1. The lowest BCUT2D eigenvalue weighted by atomic mass is 10.3. The van der Waals surface area contributed by atoms with Crippen LogP contribution in [-0.2, 0) is 9.59 Å². The summed E-state index contributed by atoms with van der Waals surface area (Å²) in [6.45, 7) is -0.254. The Bertz CT molecular complexity index is 846. The Morgan fingerprint density at radius 2 is 1.96 bits per heavy atom. The molecule has 0 atom stereocenters. The number of aromatic amines is 1. The summed E-state index contributed by atoms with van der Waals surface area (Å²) in [5.74, 6) is -0.432. The minimum absolute atomic E-state index is 0.00926. The Morgan fingerprint density at radius 3 is 2.65 bits per heavy atom.